The number of carboxylic acids is 1. The maximum Gasteiger partial charge on any atom is 0.304 e. The van der Waals surface area contributed by atoms with Gasteiger partial charge < -0.3 is 9.84 Å². The Kier molecular flexibility index (Phi) is 6.79. The molecule has 0 aliphatic carbocycles. The van der Waals surface area contributed by atoms with Gasteiger partial charge in [0.25, 0.3) is 0 Å². The van der Waals surface area contributed by atoms with Gasteiger partial charge in [-0.2, -0.15) is 5.10 Å². The summed E-state index contributed by atoms with van der Waals surface area (Å²) >= 11 is 0. The van der Waals surface area contributed by atoms with Crippen LogP contribution in [0.3, 0.4) is 0 Å². The first-order valence-corrected chi connectivity index (χ1v) is 10.2. The standard InChI is InChI=1S/C25H28N2O3/c1-5-6-20(13-24(28)29)19-9-11-22(12-10-19)30-16-21-8-7-18(4)25-23(21)14-26-27(25)15-17(2)3/h7-12,14,17,20H,13,15-16H2,1-4H3,(H,28,29)/t20-/m0/s1. The molecule has 0 saturated heterocycles. The molecular formula is C25H28N2O3. The number of carboxylic acid groups (broad SMARTS) is 1. The summed E-state index contributed by atoms with van der Waals surface area (Å²) in [5.41, 5.74) is 4.34. The van der Waals surface area contributed by atoms with E-state index in [9.17, 15) is 4.79 Å². The first kappa shape index (κ1) is 21.4. The minimum atomic E-state index is -0.857. The van der Waals surface area contributed by atoms with Crippen molar-refractivity contribution in [1.29, 1.82) is 0 Å². The van der Waals surface area contributed by atoms with Gasteiger partial charge in [0, 0.05) is 17.5 Å². The lowest BCUT2D eigenvalue weighted by Gasteiger charge is -2.12. The van der Waals surface area contributed by atoms with Gasteiger partial charge in [-0.3, -0.25) is 9.48 Å². The summed E-state index contributed by atoms with van der Waals surface area (Å²) in [6.07, 6.45) is 1.91. The summed E-state index contributed by atoms with van der Waals surface area (Å²) in [4.78, 5) is 11.1. The van der Waals surface area contributed by atoms with Gasteiger partial charge in [0.05, 0.1) is 24.1 Å². The molecule has 1 heterocycles. The first-order valence-electron chi connectivity index (χ1n) is 10.2. The summed E-state index contributed by atoms with van der Waals surface area (Å²) in [6.45, 7) is 9.53. The molecule has 0 aliphatic rings. The molecule has 0 bridgehead atoms. The summed E-state index contributed by atoms with van der Waals surface area (Å²) in [7, 11) is 0. The van der Waals surface area contributed by atoms with E-state index < -0.39 is 5.97 Å². The van der Waals surface area contributed by atoms with Crippen molar-refractivity contribution >= 4 is 16.9 Å². The van der Waals surface area contributed by atoms with Crippen molar-refractivity contribution in [3.63, 3.8) is 0 Å². The molecule has 0 aliphatic heterocycles. The molecule has 0 spiro atoms. The molecule has 30 heavy (non-hydrogen) atoms. The highest BCUT2D eigenvalue weighted by molar-refractivity contribution is 5.85. The van der Waals surface area contributed by atoms with Crippen molar-refractivity contribution in [3.05, 3.63) is 59.3 Å². The van der Waals surface area contributed by atoms with Crippen LogP contribution in [0.4, 0.5) is 0 Å². The van der Waals surface area contributed by atoms with E-state index in [0.717, 1.165) is 34.3 Å². The second-order valence-electron chi connectivity index (χ2n) is 7.93. The molecule has 0 saturated carbocycles. The zero-order chi connectivity index (χ0) is 21.7. The molecule has 1 aromatic heterocycles. The summed E-state index contributed by atoms with van der Waals surface area (Å²) in [6, 6.07) is 11.7. The van der Waals surface area contributed by atoms with E-state index in [-0.39, 0.29) is 12.3 Å². The quantitative estimate of drug-likeness (QED) is 0.527. The van der Waals surface area contributed by atoms with Crippen molar-refractivity contribution in [2.24, 2.45) is 5.92 Å². The monoisotopic (exact) mass is 404 g/mol. The lowest BCUT2D eigenvalue weighted by atomic mass is 9.96. The van der Waals surface area contributed by atoms with Crippen LogP contribution in [-0.2, 0) is 17.9 Å². The normalized spacial score (nSPS) is 11.9. The molecule has 2 aromatic carbocycles. The van der Waals surface area contributed by atoms with Gasteiger partial charge >= 0.3 is 5.97 Å². The lowest BCUT2D eigenvalue weighted by molar-refractivity contribution is -0.137. The summed E-state index contributed by atoms with van der Waals surface area (Å²) in [5, 5.41) is 14.8. The zero-order valence-corrected chi connectivity index (χ0v) is 18.0. The van der Waals surface area contributed by atoms with Crippen LogP contribution in [0.2, 0.25) is 0 Å². The van der Waals surface area contributed by atoms with Gasteiger partial charge in [0.2, 0.25) is 0 Å². The van der Waals surface area contributed by atoms with Crippen molar-refractivity contribution in [2.45, 2.75) is 53.2 Å². The Labute approximate surface area is 177 Å². The third-order valence-corrected chi connectivity index (χ3v) is 5.01. The smallest absolute Gasteiger partial charge is 0.304 e. The highest BCUT2D eigenvalue weighted by atomic mass is 16.5. The third-order valence-electron chi connectivity index (χ3n) is 5.01. The van der Waals surface area contributed by atoms with Crippen LogP contribution in [0, 0.1) is 24.7 Å². The van der Waals surface area contributed by atoms with Crippen LogP contribution in [0.1, 0.15) is 49.8 Å². The molecule has 3 rings (SSSR count). The van der Waals surface area contributed by atoms with Gasteiger partial charge in [-0.25, -0.2) is 0 Å². The van der Waals surface area contributed by atoms with Crippen molar-refractivity contribution < 1.29 is 14.6 Å². The molecule has 5 heteroatoms. The Morgan fingerprint density at radius 3 is 2.57 bits per heavy atom. The molecular weight excluding hydrogens is 376 g/mol. The Bertz CT molecular complexity index is 1090. The van der Waals surface area contributed by atoms with Crippen LogP contribution < -0.4 is 4.74 Å². The number of rotatable bonds is 8. The molecule has 5 nitrogen and oxygen atoms in total. The number of aryl methyl sites for hydroxylation is 1. The Hall–Kier alpha value is -3.26. The molecule has 0 fully saturated rings. The lowest BCUT2D eigenvalue weighted by Crippen LogP contribution is -2.06. The second-order valence-corrected chi connectivity index (χ2v) is 7.93. The van der Waals surface area contributed by atoms with Gasteiger partial charge in [-0.1, -0.05) is 44.0 Å². The van der Waals surface area contributed by atoms with E-state index in [2.05, 4.69) is 54.5 Å². The van der Waals surface area contributed by atoms with Crippen molar-refractivity contribution in [2.75, 3.05) is 0 Å². The number of benzene rings is 2. The predicted molar refractivity (Wildman–Crippen MR) is 119 cm³/mol. The maximum atomic E-state index is 11.1. The van der Waals surface area contributed by atoms with E-state index >= 15 is 0 Å². The van der Waals surface area contributed by atoms with E-state index in [1.807, 2.05) is 30.5 Å². The number of ether oxygens (including phenoxy) is 1. The molecule has 0 unspecified atom stereocenters. The van der Waals surface area contributed by atoms with Gasteiger partial charge in [-0.05, 0) is 43.0 Å². The fourth-order valence-corrected chi connectivity index (χ4v) is 3.60. The van der Waals surface area contributed by atoms with Crippen LogP contribution in [0.15, 0.2) is 42.6 Å². The number of aliphatic carboxylic acids is 1. The number of aromatic nitrogens is 2. The summed E-state index contributed by atoms with van der Waals surface area (Å²) in [5.74, 6) is 5.87. The topological polar surface area (TPSA) is 64.3 Å². The van der Waals surface area contributed by atoms with Crippen LogP contribution in [-0.4, -0.2) is 20.9 Å². The van der Waals surface area contributed by atoms with Gasteiger partial charge in [-0.15, -0.1) is 5.92 Å². The van der Waals surface area contributed by atoms with Crippen molar-refractivity contribution in [1.82, 2.24) is 9.78 Å². The maximum absolute atomic E-state index is 11.1. The fraction of sp³-hybridized carbons (Fsp3) is 0.360. The molecule has 156 valence electrons. The number of fused-ring (bicyclic) bond motifs is 1. The number of hydrogen-bond donors (Lipinski definition) is 1. The average Bonchev–Trinajstić information content (AvgIpc) is 3.11. The molecule has 0 amide bonds. The Balaban J connectivity index is 1.76. The first-order chi connectivity index (χ1) is 14.4. The largest absolute Gasteiger partial charge is 0.489 e. The number of carbonyl (C=O) groups is 1. The minimum Gasteiger partial charge on any atom is -0.489 e. The average molecular weight is 405 g/mol. The molecule has 1 N–H and O–H groups in total. The number of nitrogens with zero attached hydrogens (tertiary/aromatic N) is 2. The van der Waals surface area contributed by atoms with Crippen LogP contribution in [0.25, 0.3) is 10.9 Å². The van der Waals surface area contributed by atoms with E-state index in [1.165, 1.54) is 5.56 Å². The van der Waals surface area contributed by atoms with E-state index in [1.54, 1.807) is 6.92 Å². The SMILES string of the molecule is CC#C[C@@H](CC(=O)O)c1ccc(OCc2ccc(C)c3c2cnn3CC(C)C)cc1. The minimum absolute atomic E-state index is 0.0112. The Morgan fingerprint density at radius 1 is 1.20 bits per heavy atom. The van der Waals surface area contributed by atoms with Crippen LogP contribution in [0.5, 0.6) is 5.75 Å². The third kappa shape index (κ3) is 5.01. The van der Waals surface area contributed by atoms with E-state index in [0.29, 0.717) is 12.5 Å². The fourth-order valence-electron chi connectivity index (χ4n) is 3.60. The highest BCUT2D eigenvalue weighted by Crippen LogP contribution is 2.26. The molecule has 1 atom stereocenters. The van der Waals surface area contributed by atoms with Gasteiger partial charge in [0.15, 0.2) is 0 Å². The molecule has 0 radical (unpaired) electrons. The zero-order valence-electron chi connectivity index (χ0n) is 18.0. The van der Waals surface area contributed by atoms with E-state index in [4.69, 9.17) is 9.84 Å². The highest BCUT2D eigenvalue weighted by Gasteiger charge is 2.14. The molecule has 3 aromatic rings. The van der Waals surface area contributed by atoms with Gasteiger partial charge in [0.1, 0.15) is 12.4 Å². The predicted octanol–water partition coefficient (Wildman–Crippen LogP) is 5.16. The van der Waals surface area contributed by atoms with Crippen LogP contribution >= 0.6 is 0 Å². The Morgan fingerprint density at radius 2 is 1.93 bits per heavy atom. The summed E-state index contributed by atoms with van der Waals surface area (Å²) < 4.78 is 8.09. The number of hydrogen-bond acceptors (Lipinski definition) is 3. The van der Waals surface area contributed by atoms with Crippen molar-refractivity contribution in [3.8, 4) is 17.6 Å². The second kappa shape index (κ2) is 9.49.